The molecule has 0 bridgehead atoms. The van der Waals surface area contributed by atoms with E-state index in [0.717, 1.165) is 43.3 Å². The summed E-state index contributed by atoms with van der Waals surface area (Å²) in [6.07, 6.45) is 4.65. The number of furan rings is 1. The van der Waals surface area contributed by atoms with E-state index in [1.807, 2.05) is 30.8 Å². The topological polar surface area (TPSA) is 49.6 Å². The number of guanidine groups is 1. The van der Waals surface area contributed by atoms with Gasteiger partial charge in [0.25, 0.3) is 0 Å². The van der Waals surface area contributed by atoms with Gasteiger partial charge in [0, 0.05) is 24.3 Å². The molecule has 0 radical (unpaired) electrons. The normalized spacial score (nSPS) is 12.3. The lowest BCUT2D eigenvalue weighted by Gasteiger charge is -2.20. The summed E-state index contributed by atoms with van der Waals surface area (Å²) in [5.41, 5.74) is 1.08. The summed E-state index contributed by atoms with van der Waals surface area (Å²) >= 11 is 1.82. The molecule has 5 heteroatoms. The van der Waals surface area contributed by atoms with Crippen molar-refractivity contribution in [2.45, 2.75) is 31.9 Å². The van der Waals surface area contributed by atoms with E-state index in [1.54, 1.807) is 6.26 Å². The van der Waals surface area contributed by atoms with Crippen molar-refractivity contribution in [3.05, 3.63) is 36.3 Å². The van der Waals surface area contributed by atoms with E-state index in [4.69, 9.17) is 4.42 Å². The number of nitrogens with zero attached hydrogens (tertiary/aromatic N) is 1. The summed E-state index contributed by atoms with van der Waals surface area (Å²) in [4.78, 5) is 4.66. The van der Waals surface area contributed by atoms with Gasteiger partial charge in [0.05, 0.1) is 12.8 Å². The quantitative estimate of drug-likeness (QED) is 0.440. The minimum Gasteiger partial charge on any atom is -0.469 e. The maximum atomic E-state index is 5.33. The van der Waals surface area contributed by atoms with Crippen LogP contribution in [0.4, 0.5) is 0 Å². The molecule has 4 nitrogen and oxygen atoms in total. The minimum absolute atomic E-state index is 0.138. The molecule has 0 saturated heterocycles. The summed E-state index contributed by atoms with van der Waals surface area (Å²) in [5.74, 6) is 1.80. The Balaban J connectivity index is 2.50. The van der Waals surface area contributed by atoms with Crippen molar-refractivity contribution in [3.63, 3.8) is 0 Å². The monoisotopic (exact) mass is 309 g/mol. The third-order valence-electron chi connectivity index (χ3n) is 2.97. The van der Waals surface area contributed by atoms with E-state index in [2.05, 4.69) is 42.3 Å². The zero-order valence-corrected chi connectivity index (χ0v) is 14.3. The predicted molar refractivity (Wildman–Crippen MR) is 93.1 cm³/mol. The van der Waals surface area contributed by atoms with Gasteiger partial charge in [0.15, 0.2) is 5.96 Å². The van der Waals surface area contributed by atoms with E-state index < -0.39 is 0 Å². The Bertz CT molecular complexity index is 452. The van der Waals surface area contributed by atoms with Crippen molar-refractivity contribution < 1.29 is 4.42 Å². The molecule has 0 unspecified atom stereocenters. The highest BCUT2D eigenvalue weighted by molar-refractivity contribution is 7.99. The van der Waals surface area contributed by atoms with Crippen LogP contribution in [0.5, 0.6) is 0 Å². The molecule has 0 spiro atoms. The first-order chi connectivity index (χ1) is 9.93. The average Bonchev–Trinajstić information content (AvgIpc) is 2.94. The first-order valence-corrected chi connectivity index (χ1v) is 8.39. The molecule has 0 saturated carbocycles. The fraction of sp³-hybridized carbons (Fsp3) is 0.562. The molecule has 0 fully saturated rings. The van der Waals surface area contributed by atoms with Gasteiger partial charge in [-0.05, 0) is 39.2 Å². The van der Waals surface area contributed by atoms with Crippen LogP contribution in [0, 0.1) is 0 Å². The Morgan fingerprint density at radius 1 is 1.43 bits per heavy atom. The summed E-state index contributed by atoms with van der Waals surface area (Å²) in [6, 6.07) is 3.89. The molecule has 0 atom stereocenters. The van der Waals surface area contributed by atoms with Crippen molar-refractivity contribution in [2.24, 2.45) is 4.99 Å². The number of thioether (sulfide) groups is 1. The summed E-state index contributed by atoms with van der Waals surface area (Å²) in [6.45, 7) is 12.6. The third kappa shape index (κ3) is 7.85. The molecular formula is C16H27N3OS. The molecule has 21 heavy (non-hydrogen) atoms. The molecule has 0 aromatic carbocycles. The maximum absolute atomic E-state index is 5.33. The van der Waals surface area contributed by atoms with Crippen LogP contribution < -0.4 is 10.6 Å². The zero-order chi connectivity index (χ0) is 15.7. The van der Waals surface area contributed by atoms with Crippen LogP contribution in [0.2, 0.25) is 0 Å². The van der Waals surface area contributed by atoms with E-state index in [1.165, 1.54) is 0 Å². The van der Waals surface area contributed by atoms with Crippen LogP contribution in [0.1, 0.15) is 26.5 Å². The van der Waals surface area contributed by atoms with Gasteiger partial charge in [-0.15, -0.1) is 0 Å². The second-order valence-corrected chi connectivity index (χ2v) is 7.21. The Morgan fingerprint density at radius 2 is 2.19 bits per heavy atom. The van der Waals surface area contributed by atoms with Gasteiger partial charge in [-0.3, -0.25) is 4.99 Å². The van der Waals surface area contributed by atoms with Gasteiger partial charge >= 0.3 is 0 Å². The fourth-order valence-corrected chi connectivity index (χ4v) is 1.70. The Kier molecular flexibility index (Phi) is 7.43. The first-order valence-electron chi connectivity index (χ1n) is 7.17. The van der Waals surface area contributed by atoms with Crippen molar-refractivity contribution in [1.29, 1.82) is 0 Å². The summed E-state index contributed by atoms with van der Waals surface area (Å²) in [5, 5.41) is 6.63. The number of rotatable bonds is 8. The van der Waals surface area contributed by atoms with E-state index in [-0.39, 0.29) is 4.75 Å². The van der Waals surface area contributed by atoms with Crippen LogP contribution in [0.25, 0.3) is 0 Å². The second kappa shape index (κ2) is 8.82. The largest absolute Gasteiger partial charge is 0.469 e. The molecule has 0 amide bonds. The fourth-order valence-electron chi connectivity index (χ4n) is 1.50. The van der Waals surface area contributed by atoms with Crippen molar-refractivity contribution >= 4 is 17.7 Å². The van der Waals surface area contributed by atoms with E-state index >= 15 is 0 Å². The smallest absolute Gasteiger partial charge is 0.191 e. The number of aliphatic imine (C=N–C) groups is 1. The van der Waals surface area contributed by atoms with E-state index in [9.17, 15) is 0 Å². The molecule has 1 rings (SSSR count). The van der Waals surface area contributed by atoms with Crippen molar-refractivity contribution in [2.75, 3.05) is 25.9 Å². The van der Waals surface area contributed by atoms with Crippen LogP contribution in [0.15, 0.2) is 40.0 Å². The van der Waals surface area contributed by atoms with Gasteiger partial charge in [0.2, 0.25) is 0 Å². The van der Waals surface area contributed by atoms with Gasteiger partial charge < -0.3 is 15.1 Å². The molecule has 0 aliphatic carbocycles. The first kappa shape index (κ1) is 17.7. The van der Waals surface area contributed by atoms with Crippen LogP contribution in [-0.4, -0.2) is 36.6 Å². The van der Waals surface area contributed by atoms with Gasteiger partial charge in [-0.2, -0.15) is 11.8 Å². The van der Waals surface area contributed by atoms with Crippen molar-refractivity contribution in [1.82, 2.24) is 10.6 Å². The van der Waals surface area contributed by atoms with Crippen LogP contribution >= 0.6 is 11.8 Å². The Morgan fingerprint density at radius 3 is 2.76 bits per heavy atom. The Labute approximate surface area is 132 Å². The molecule has 1 heterocycles. The van der Waals surface area contributed by atoms with Gasteiger partial charge in [-0.1, -0.05) is 12.2 Å². The van der Waals surface area contributed by atoms with Crippen molar-refractivity contribution in [3.8, 4) is 0 Å². The predicted octanol–water partition coefficient (Wildman–Crippen LogP) is 3.08. The third-order valence-corrected chi connectivity index (χ3v) is 4.21. The number of hydrogen-bond donors (Lipinski definition) is 2. The SMILES string of the molecule is C=C(C)CNC(=NCC(C)(C)SC)NCCc1ccco1. The Hall–Kier alpha value is -1.36. The molecule has 1 aromatic rings. The summed E-state index contributed by atoms with van der Waals surface area (Å²) < 4.78 is 5.47. The molecule has 0 aliphatic heterocycles. The molecular weight excluding hydrogens is 282 g/mol. The lowest BCUT2D eigenvalue weighted by molar-refractivity contribution is 0.506. The molecule has 1 aromatic heterocycles. The molecule has 2 N–H and O–H groups in total. The molecule has 0 aliphatic rings. The number of nitrogens with one attached hydrogen (secondary N) is 2. The lowest BCUT2D eigenvalue weighted by atomic mass is 10.2. The van der Waals surface area contributed by atoms with Crippen LogP contribution in [0.3, 0.4) is 0 Å². The highest BCUT2D eigenvalue weighted by Gasteiger charge is 2.15. The molecule has 118 valence electrons. The minimum atomic E-state index is 0.138. The highest BCUT2D eigenvalue weighted by Crippen LogP contribution is 2.20. The highest BCUT2D eigenvalue weighted by atomic mass is 32.2. The van der Waals surface area contributed by atoms with Gasteiger partial charge in [0.1, 0.15) is 5.76 Å². The summed E-state index contributed by atoms with van der Waals surface area (Å²) in [7, 11) is 0. The number of hydrogen-bond acceptors (Lipinski definition) is 3. The average molecular weight is 309 g/mol. The van der Waals surface area contributed by atoms with Crippen LogP contribution in [-0.2, 0) is 6.42 Å². The standard InChI is InChI=1S/C16H27N3OS/c1-13(2)11-18-15(19-12-16(3,4)21-5)17-9-8-14-7-6-10-20-14/h6-7,10H,1,8-9,11-12H2,2-5H3,(H2,17,18,19). The van der Waals surface area contributed by atoms with E-state index in [0.29, 0.717) is 0 Å². The second-order valence-electron chi connectivity index (χ2n) is 5.70. The lowest BCUT2D eigenvalue weighted by Crippen LogP contribution is -2.40. The maximum Gasteiger partial charge on any atom is 0.191 e. The zero-order valence-electron chi connectivity index (χ0n) is 13.5. The van der Waals surface area contributed by atoms with Gasteiger partial charge in [-0.25, -0.2) is 0 Å².